The maximum atomic E-state index is 12.4. The first-order chi connectivity index (χ1) is 14.9. The number of esters is 1. The number of thiazole rings is 1. The fourth-order valence-electron chi connectivity index (χ4n) is 2.63. The van der Waals surface area contributed by atoms with Crippen LogP contribution in [0, 0.1) is 6.92 Å². The zero-order chi connectivity index (χ0) is 22.2. The SMILES string of the molecule is COC(=O)COc1ccc(NC(=O)Cc2csc(NC(=O)c3ccccc3)n2)c(C)c1. The Morgan fingerprint density at radius 1 is 1.06 bits per heavy atom. The fraction of sp³-hybridized carbons (Fsp3) is 0.182. The number of rotatable bonds is 8. The number of methoxy groups -OCH3 is 1. The number of ether oxygens (including phenoxy) is 2. The van der Waals surface area contributed by atoms with E-state index in [1.807, 2.05) is 13.0 Å². The smallest absolute Gasteiger partial charge is 0.343 e. The number of carbonyl (C=O) groups is 3. The predicted octanol–water partition coefficient (Wildman–Crippen LogP) is 3.44. The minimum absolute atomic E-state index is 0.0672. The molecule has 0 bridgehead atoms. The number of nitrogens with one attached hydrogen (secondary N) is 2. The highest BCUT2D eigenvalue weighted by Crippen LogP contribution is 2.22. The Kier molecular flexibility index (Phi) is 7.34. The molecule has 0 fully saturated rings. The molecule has 0 spiro atoms. The van der Waals surface area contributed by atoms with E-state index in [1.165, 1.54) is 18.4 Å². The van der Waals surface area contributed by atoms with Gasteiger partial charge < -0.3 is 14.8 Å². The summed E-state index contributed by atoms with van der Waals surface area (Å²) in [5, 5.41) is 7.72. The monoisotopic (exact) mass is 439 g/mol. The van der Waals surface area contributed by atoms with Gasteiger partial charge >= 0.3 is 5.97 Å². The lowest BCUT2D eigenvalue weighted by Gasteiger charge is -2.10. The third kappa shape index (κ3) is 6.38. The van der Waals surface area contributed by atoms with Crippen molar-refractivity contribution in [3.63, 3.8) is 0 Å². The van der Waals surface area contributed by atoms with Crippen LogP contribution >= 0.6 is 11.3 Å². The second-order valence-electron chi connectivity index (χ2n) is 6.53. The third-order valence-electron chi connectivity index (χ3n) is 4.21. The standard InChI is InChI=1S/C22H21N3O5S/c1-14-10-17(30-12-20(27)29-2)8-9-18(14)24-19(26)11-16-13-31-22(23-16)25-21(28)15-6-4-3-5-7-15/h3-10,13H,11-12H2,1-2H3,(H,24,26)(H,23,25,28). The molecule has 0 saturated heterocycles. The predicted molar refractivity (Wildman–Crippen MR) is 118 cm³/mol. The van der Waals surface area contributed by atoms with Crippen LogP contribution in [0.3, 0.4) is 0 Å². The van der Waals surface area contributed by atoms with Gasteiger partial charge in [-0.1, -0.05) is 18.2 Å². The second-order valence-corrected chi connectivity index (χ2v) is 7.39. The fourth-order valence-corrected chi connectivity index (χ4v) is 3.34. The van der Waals surface area contributed by atoms with Gasteiger partial charge in [0.05, 0.1) is 19.2 Å². The summed E-state index contributed by atoms with van der Waals surface area (Å²) in [5.41, 5.74) is 2.50. The Labute approximate surface area is 183 Å². The summed E-state index contributed by atoms with van der Waals surface area (Å²) in [6.45, 7) is 1.63. The van der Waals surface area contributed by atoms with Crippen molar-refractivity contribution in [2.24, 2.45) is 0 Å². The number of nitrogens with zero attached hydrogens (tertiary/aromatic N) is 1. The van der Waals surface area contributed by atoms with Crippen molar-refractivity contribution in [3.8, 4) is 5.75 Å². The number of anilines is 2. The summed E-state index contributed by atoms with van der Waals surface area (Å²) in [6, 6.07) is 13.9. The van der Waals surface area contributed by atoms with Gasteiger partial charge in [0.25, 0.3) is 5.91 Å². The van der Waals surface area contributed by atoms with E-state index in [-0.39, 0.29) is 24.8 Å². The third-order valence-corrected chi connectivity index (χ3v) is 5.01. The topological polar surface area (TPSA) is 107 Å². The van der Waals surface area contributed by atoms with Crippen molar-refractivity contribution in [2.75, 3.05) is 24.4 Å². The molecule has 1 aromatic heterocycles. The van der Waals surface area contributed by atoms with E-state index in [9.17, 15) is 14.4 Å². The van der Waals surface area contributed by atoms with Crippen LogP contribution in [-0.2, 0) is 20.7 Å². The van der Waals surface area contributed by atoms with Gasteiger partial charge in [-0.2, -0.15) is 0 Å². The number of hydrogen-bond acceptors (Lipinski definition) is 7. The first kappa shape index (κ1) is 22.0. The lowest BCUT2D eigenvalue weighted by molar-refractivity contribution is -0.142. The zero-order valence-corrected chi connectivity index (χ0v) is 17.8. The summed E-state index contributed by atoms with van der Waals surface area (Å²) >= 11 is 1.26. The lowest BCUT2D eigenvalue weighted by atomic mass is 10.2. The first-order valence-electron chi connectivity index (χ1n) is 9.35. The molecule has 9 heteroatoms. The van der Waals surface area contributed by atoms with Crippen LogP contribution in [0.4, 0.5) is 10.8 Å². The maximum Gasteiger partial charge on any atom is 0.343 e. The van der Waals surface area contributed by atoms with Crippen molar-refractivity contribution in [1.82, 2.24) is 4.98 Å². The molecule has 160 valence electrons. The molecule has 0 aliphatic rings. The van der Waals surface area contributed by atoms with Gasteiger partial charge in [0, 0.05) is 16.6 Å². The Balaban J connectivity index is 1.54. The Hall–Kier alpha value is -3.72. The minimum atomic E-state index is -0.474. The highest BCUT2D eigenvalue weighted by atomic mass is 32.1. The summed E-state index contributed by atoms with van der Waals surface area (Å²) in [5.74, 6) is -0.467. The summed E-state index contributed by atoms with van der Waals surface area (Å²) in [6.07, 6.45) is 0.0672. The van der Waals surface area contributed by atoms with Crippen LogP contribution in [-0.4, -0.2) is 36.5 Å². The average Bonchev–Trinajstić information content (AvgIpc) is 3.20. The van der Waals surface area contributed by atoms with Crippen LogP contribution in [0.1, 0.15) is 21.6 Å². The molecule has 3 rings (SSSR count). The van der Waals surface area contributed by atoms with Crippen LogP contribution in [0.15, 0.2) is 53.9 Å². The number of hydrogen-bond donors (Lipinski definition) is 2. The number of benzene rings is 2. The molecule has 0 radical (unpaired) electrons. The normalized spacial score (nSPS) is 10.3. The minimum Gasteiger partial charge on any atom is -0.482 e. The van der Waals surface area contributed by atoms with Crippen molar-refractivity contribution in [1.29, 1.82) is 0 Å². The Morgan fingerprint density at radius 3 is 2.55 bits per heavy atom. The van der Waals surface area contributed by atoms with E-state index in [2.05, 4.69) is 20.4 Å². The van der Waals surface area contributed by atoms with Crippen molar-refractivity contribution < 1.29 is 23.9 Å². The van der Waals surface area contributed by atoms with Gasteiger partial charge in [0.1, 0.15) is 5.75 Å². The van der Waals surface area contributed by atoms with Crippen molar-refractivity contribution in [3.05, 3.63) is 70.7 Å². The van der Waals surface area contributed by atoms with Gasteiger partial charge in [0.15, 0.2) is 11.7 Å². The first-order valence-corrected chi connectivity index (χ1v) is 10.2. The second kappa shape index (κ2) is 10.4. The molecule has 1 heterocycles. The van der Waals surface area contributed by atoms with Gasteiger partial charge in [-0.25, -0.2) is 9.78 Å². The average molecular weight is 439 g/mol. The maximum absolute atomic E-state index is 12.4. The van der Waals surface area contributed by atoms with Gasteiger partial charge in [-0.3, -0.25) is 14.9 Å². The molecule has 2 N–H and O–H groups in total. The van der Waals surface area contributed by atoms with Crippen LogP contribution in [0.5, 0.6) is 5.75 Å². The van der Waals surface area contributed by atoms with Gasteiger partial charge in [-0.05, 0) is 42.8 Å². The molecule has 0 atom stereocenters. The van der Waals surface area contributed by atoms with E-state index >= 15 is 0 Å². The molecule has 0 aliphatic carbocycles. The molecule has 0 unspecified atom stereocenters. The molecule has 0 saturated carbocycles. The van der Waals surface area contributed by atoms with E-state index in [1.54, 1.807) is 47.8 Å². The number of aryl methyl sites for hydroxylation is 1. The molecule has 8 nitrogen and oxygen atoms in total. The van der Waals surface area contributed by atoms with Crippen molar-refractivity contribution in [2.45, 2.75) is 13.3 Å². The van der Waals surface area contributed by atoms with Gasteiger partial charge in [-0.15, -0.1) is 11.3 Å². The zero-order valence-electron chi connectivity index (χ0n) is 17.0. The number of aromatic nitrogens is 1. The van der Waals surface area contributed by atoms with E-state index < -0.39 is 5.97 Å². The van der Waals surface area contributed by atoms with Gasteiger partial charge in [0.2, 0.25) is 5.91 Å². The molecular weight excluding hydrogens is 418 g/mol. The highest BCUT2D eigenvalue weighted by Gasteiger charge is 2.12. The molecule has 2 amide bonds. The number of carbonyl (C=O) groups excluding carboxylic acids is 3. The molecule has 31 heavy (non-hydrogen) atoms. The van der Waals surface area contributed by atoms with Crippen LogP contribution < -0.4 is 15.4 Å². The van der Waals surface area contributed by atoms with Crippen molar-refractivity contribution >= 4 is 39.9 Å². The largest absolute Gasteiger partial charge is 0.482 e. The Bertz CT molecular complexity index is 1080. The summed E-state index contributed by atoms with van der Waals surface area (Å²) in [7, 11) is 1.29. The van der Waals surface area contributed by atoms with E-state index in [0.717, 1.165) is 5.56 Å². The van der Waals surface area contributed by atoms with E-state index in [4.69, 9.17) is 4.74 Å². The van der Waals surface area contributed by atoms with Crippen LogP contribution in [0.2, 0.25) is 0 Å². The van der Waals surface area contributed by atoms with E-state index in [0.29, 0.717) is 27.8 Å². The lowest BCUT2D eigenvalue weighted by Crippen LogP contribution is -2.16. The Morgan fingerprint density at radius 2 is 1.84 bits per heavy atom. The highest BCUT2D eigenvalue weighted by molar-refractivity contribution is 7.14. The molecular formula is C22H21N3O5S. The number of amides is 2. The molecule has 2 aromatic carbocycles. The molecule has 3 aromatic rings. The molecule has 0 aliphatic heterocycles. The summed E-state index contributed by atoms with van der Waals surface area (Å²) < 4.78 is 9.86. The summed E-state index contributed by atoms with van der Waals surface area (Å²) in [4.78, 5) is 40.1. The quantitative estimate of drug-likeness (QED) is 0.521. The van der Waals surface area contributed by atoms with Crippen LogP contribution in [0.25, 0.3) is 0 Å².